The van der Waals surface area contributed by atoms with Gasteiger partial charge < -0.3 is 9.30 Å². The number of benzene rings is 1. The van der Waals surface area contributed by atoms with E-state index in [1.807, 2.05) is 24.3 Å². The third kappa shape index (κ3) is 2.70. The van der Waals surface area contributed by atoms with Crippen LogP contribution in [0.1, 0.15) is 23.0 Å². The zero-order valence-electron chi connectivity index (χ0n) is 12.2. The van der Waals surface area contributed by atoms with Crippen molar-refractivity contribution in [3.63, 3.8) is 0 Å². The number of fused-ring (bicyclic) bond motifs is 1. The lowest BCUT2D eigenvalue weighted by molar-refractivity contribution is -0.138. The Morgan fingerprint density at radius 2 is 2.18 bits per heavy atom. The molecule has 1 aromatic heterocycles. The van der Waals surface area contributed by atoms with E-state index in [2.05, 4.69) is 10.0 Å². The number of azide groups is 1. The topological polar surface area (TPSA) is 97.1 Å². The van der Waals surface area contributed by atoms with Gasteiger partial charge >= 0.3 is 5.97 Å². The minimum Gasteiger partial charge on any atom is -0.462 e. The Labute approximate surface area is 126 Å². The fourth-order valence-corrected chi connectivity index (χ4v) is 2.26. The summed E-state index contributed by atoms with van der Waals surface area (Å²) >= 11 is 0. The smallest absolute Gasteiger partial charge is 0.340 e. The Hall–Kier alpha value is -3.05. The molecule has 1 aromatic carbocycles. The summed E-state index contributed by atoms with van der Waals surface area (Å²) in [7, 11) is 1.75. The van der Waals surface area contributed by atoms with Crippen LogP contribution in [0.4, 0.5) is 0 Å². The van der Waals surface area contributed by atoms with Gasteiger partial charge in [0.05, 0.1) is 12.3 Å². The van der Waals surface area contributed by atoms with Gasteiger partial charge in [-0.1, -0.05) is 23.3 Å². The maximum absolute atomic E-state index is 11.8. The number of aromatic nitrogens is 1. The Morgan fingerprint density at radius 3 is 2.82 bits per heavy atom. The summed E-state index contributed by atoms with van der Waals surface area (Å²) in [5.41, 5.74) is 10.2. The van der Waals surface area contributed by atoms with E-state index in [4.69, 9.17) is 10.3 Å². The molecule has 0 aliphatic heterocycles. The van der Waals surface area contributed by atoms with Crippen molar-refractivity contribution in [1.29, 1.82) is 0 Å². The van der Waals surface area contributed by atoms with E-state index in [1.54, 1.807) is 18.5 Å². The summed E-state index contributed by atoms with van der Waals surface area (Å²) in [6.45, 7) is 1.81. The summed E-state index contributed by atoms with van der Waals surface area (Å²) in [6, 6.07) is 7.36. The second-order valence-corrected chi connectivity index (χ2v) is 4.43. The minimum absolute atomic E-state index is 0.160. The molecule has 0 N–H and O–H groups in total. The monoisotopic (exact) mass is 298 g/mol. The molecular formula is C15H14N4O3. The van der Waals surface area contributed by atoms with Gasteiger partial charge in [-0.2, -0.15) is 0 Å². The molecular weight excluding hydrogens is 284 g/mol. The van der Waals surface area contributed by atoms with Crippen LogP contribution in [0.3, 0.4) is 0 Å². The van der Waals surface area contributed by atoms with E-state index in [0.29, 0.717) is 17.5 Å². The molecule has 0 aliphatic rings. The number of aldehydes is 1. The third-order valence-electron chi connectivity index (χ3n) is 3.22. The molecule has 0 saturated carbocycles. The zero-order chi connectivity index (χ0) is 16.1. The third-order valence-corrected chi connectivity index (χ3v) is 3.22. The molecule has 0 unspecified atom stereocenters. The summed E-state index contributed by atoms with van der Waals surface area (Å²) in [6.07, 6.45) is 2.08. The van der Waals surface area contributed by atoms with Crippen LogP contribution in [0, 0.1) is 0 Å². The van der Waals surface area contributed by atoms with Crippen molar-refractivity contribution < 1.29 is 14.3 Å². The number of carbonyl (C=O) groups excluding carboxylic acids is 2. The fraction of sp³-hybridized carbons (Fsp3) is 0.200. The van der Waals surface area contributed by atoms with E-state index < -0.39 is 5.97 Å². The predicted molar refractivity (Wildman–Crippen MR) is 82.1 cm³/mol. The van der Waals surface area contributed by atoms with Gasteiger partial charge in [-0.25, -0.2) is 4.79 Å². The lowest BCUT2D eigenvalue weighted by atomic mass is 10.1. The highest BCUT2D eigenvalue weighted by Crippen LogP contribution is 2.27. The van der Waals surface area contributed by atoms with Crippen LogP contribution in [-0.4, -0.2) is 23.4 Å². The first-order chi connectivity index (χ1) is 10.6. The van der Waals surface area contributed by atoms with Gasteiger partial charge in [0, 0.05) is 28.4 Å². The van der Waals surface area contributed by atoms with E-state index in [-0.39, 0.29) is 12.3 Å². The number of esters is 1. The van der Waals surface area contributed by atoms with Gasteiger partial charge in [-0.15, -0.1) is 0 Å². The number of rotatable bonds is 5. The quantitative estimate of drug-likeness (QED) is 0.212. The van der Waals surface area contributed by atoms with E-state index >= 15 is 0 Å². The molecule has 1 heterocycles. The van der Waals surface area contributed by atoms with Crippen LogP contribution in [0.25, 0.3) is 27.4 Å². The van der Waals surface area contributed by atoms with E-state index in [0.717, 1.165) is 10.9 Å². The molecule has 0 aliphatic carbocycles. The van der Waals surface area contributed by atoms with Crippen molar-refractivity contribution in [3.8, 4) is 0 Å². The summed E-state index contributed by atoms with van der Waals surface area (Å²) in [5, 5.41) is 4.15. The van der Waals surface area contributed by atoms with E-state index in [9.17, 15) is 9.59 Å². The van der Waals surface area contributed by atoms with Gasteiger partial charge in [0.2, 0.25) is 0 Å². The summed E-state index contributed by atoms with van der Waals surface area (Å²) in [4.78, 5) is 25.9. The molecule has 0 bridgehead atoms. The molecule has 0 atom stereocenters. The highest BCUT2D eigenvalue weighted by molar-refractivity contribution is 6.02. The molecule has 0 amide bonds. The Kier molecular flexibility index (Phi) is 4.60. The second kappa shape index (κ2) is 6.60. The number of aryl methyl sites for hydroxylation is 1. The van der Waals surface area contributed by atoms with Gasteiger partial charge in [0.25, 0.3) is 0 Å². The van der Waals surface area contributed by atoms with Crippen molar-refractivity contribution in [2.45, 2.75) is 6.92 Å². The Balaban J connectivity index is 2.71. The van der Waals surface area contributed by atoms with Gasteiger partial charge in [0.1, 0.15) is 5.70 Å². The first kappa shape index (κ1) is 15.3. The van der Waals surface area contributed by atoms with Gasteiger partial charge in [0.15, 0.2) is 6.29 Å². The molecule has 0 fully saturated rings. The Bertz CT molecular complexity index is 814. The average molecular weight is 298 g/mol. The van der Waals surface area contributed by atoms with Crippen molar-refractivity contribution in [2.75, 3.05) is 6.61 Å². The number of nitrogens with zero attached hydrogens (tertiary/aromatic N) is 4. The van der Waals surface area contributed by atoms with Crippen LogP contribution in [-0.2, 0) is 16.6 Å². The van der Waals surface area contributed by atoms with Crippen LogP contribution in [0.5, 0.6) is 0 Å². The lowest BCUT2D eigenvalue weighted by Gasteiger charge is -2.01. The minimum atomic E-state index is -0.731. The van der Waals surface area contributed by atoms with Crippen LogP contribution < -0.4 is 0 Å². The Morgan fingerprint density at radius 1 is 1.45 bits per heavy atom. The molecule has 2 aromatic rings. The fourth-order valence-electron chi connectivity index (χ4n) is 2.26. The van der Waals surface area contributed by atoms with Crippen molar-refractivity contribution >= 4 is 29.2 Å². The normalized spacial score (nSPS) is 11.1. The summed E-state index contributed by atoms with van der Waals surface area (Å²) < 4.78 is 6.57. The second-order valence-electron chi connectivity index (χ2n) is 4.43. The predicted octanol–water partition coefficient (Wildman–Crippen LogP) is 3.21. The zero-order valence-corrected chi connectivity index (χ0v) is 12.2. The van der Waals surface area contributed by atoms with Crippen LogP contribution in [0.15, 0.2) is 35.1 Å². The average Bonchev–Trinajstić information content (AvgIpc) is 2.79. The summed E-state index contributed by atoms with van der Waals surface area (Å²) in [5.74, 6) is -0.731. The van der Waals surface area contributed by atoms with Crippen LogP contribution >= 0.6 is 0 Å². The number of hydrogen-bond donors (Lipinski definition) is 0. The molecule has 7 nitrogen and oxygen atoms in total. The van der Waals surface area contributed by atoms with Gasteiger partial charge in [-0.05, 0) is 24.6 Å². The number of ether oxygens (including phenoxy) is 1. The number of carbonyl (C=O) groups is 2. The van der Waals surface area contributed by atoms with E-state index in [1.165, 1.54) is 6.08 Å². The standard InChI is InChI=1S/C15H14N4O3/c1-3-22-15(21)12(17-18-16)8-11-10-6-4-5-7-13(10)19(2)14(11)9-20/h4-9H,3H2,1-2H3/b12-8-. The number of para-hydroxylation sites is 1. The van der Waals surface area contributed by atoms with Crippen molar-refractivity contribution in [2.24, 2.45) is 12.2 Å². The molecule has 22 heavy (non-hydrogen) atoms. The molecule has 0 spiro atoms. The van der Waals surface area contributed by atoms with Crippen molar-refractivity contribution in [3.05, 3.63) is 51.7 Å². The first-order valence-electron chi connectivity index (χ1n) is 6.60. The SMILES string of the molecule is CCOC(=O)/C(=C/c1c(C=O)n(C)c2ccccc12)N=[N+]=[N-]. The number of hydrogen-bond acceptors (Lipinski definition) is 4. The molecule has 112 valence electrons. The molecule has 0 radical (unpaired) electrons. The van der Waals surface area contributed by atoms with Crippen LogP contribution in [0.2, 0.25) is 0 Å². The lowest BCUT2D eigenvalue weighted by Crippen LogP contribution is -2.05. The maximum Gasteiger partial charge on any atom is 0.340 e. The highest BCUT2D eigenvalue weighted by Gasteiger charge is 2.16. The molecule has 0 saturated heterocycles. The molecule has 7 heteroatoms. The van der Waals surface area contributed by atoms with Gasteiger partial charge in [-0.3, -0.25) is 4.79 Å². The maximum atomic E-state index is 11.8. The highest BCUT2D eigenvalue weighted by atomic mass is 16.5. The molecule has 2 rings (SSSR count). The van der Waals surface area contributed by atoms with Crippen molar-refractivity contribution in [1.82, 2.24) is 4.57 Å². The first-order valence-corrected chi connectivity index (χ1v) is 6.60. The largest absolute Gasteiger partial charge is 0.462 e.